The number of nitrogens with zero attached hydrogens (tertiary/aromatic N) is 3. The van der Waals surface area contributed by atoms with E-state index in [2.05, 4.69) is 41.9 Å². The smallest absolute Gasteiger partial charge is 0.232 e. The van der Waals surface area contributed by atoms with E-state index in [1.54, 1.807) is 7.11 Å². The van der Waals surface area contributed by atoms with Crippen molar-refractivity contribution in [2.75, 3.05) is 20.3 Å². The minimum Gasteiger partial charge on any atom is -0.496 e. The molecule has 0 spiro atoms. The van der Waals surface area contributed by atoms with Crippen molar-refractivity contribution in [1.29, 1.82) is 0 Å². The van der Waals surface area contributed by atoms with E-state index in [1.165, 1.54) is 0 Å². The Kier molecular flexibility index (Phi) is 5.94. The lowest BCUT2D eigenvalue weighted by Crippen LogP contribution is -2.32. The molecule has 142 valence electrons. The van der Waals surface area contributed by atoms with E-state index in [1.807, 2.05) is 18.2 Å². The van der Waals surface area contributed by atoms with Crippen LogP contribution in [0, 0.1) is 0 Å². The molecule has 0 amide bonds. The Morgan fingerprint density at radius 1 is 1.23 bits per heavy atom. The summed E-state index contributed by atoms with van der Waals surface area (Å²) < 4.78 is 16.8. The molecule has 0 unspecified atom stereocenters. The van der Waals surface area contributed by atoms with Gasteiger partial charge in [0.15, 0.2) is 5.82 Å². The normalized spacial score (nSPS) is 17.8. The molecule has 2 heterocycles. The van der Waals surface area contributed by atoms with Crippen molar-refractivity contribution in [2.45, 2.75) is 58.2 Å². The van der Waals surface area contributed by atoms with Gasteiger partial charge >= 0.3 is 0 Å². The lowest BCUT2D eigenvalue weighted by atomic mass is 9.97. The van der Waals surface area contributed by atoms with Crippen molar-refractivity contribution in [3.8, 4) is 5.75 Å². The van der Waals surface area contributed by atoms with Crippen LogP contribution in [-0.2, 0) is 23.2 Å². The summed E-state index contributed by atoms with van der Waals surface area (Å²) in [6, 6.07) is 8.11. The fraction of sp³-hybridized carbons (Fsp3) is 0.600. The Morgan fingerprint density at radius 3 is 2.69 bits per heavy atom. The van der Waals surface area contributed by atoms with Gasteiger partial charge in [0.1, 0.15) is 5.75 Å². The van der Waals surface area contributed by atoms with Crippen LogP contribution in [0.3, 0.4) is 0 Å². The van der Waals surface area contributed by atoms with Gasteiger partial charge in [0, 0.05) is 30.7 Å². The van der Waals surface area contributed by atoms with Crippen LogP contribution in [0.2, 0.25) is 0 Å². The summed E-state index contributed by atoms with van der Waals surface area (Å²) in [5.41, 5.74) is 1.00. The fourth-order valence-electron chi connectivity index (χ4n) is 3.16. The molecule has 0 bridgehead atoms. The zero-order chi connectivity index (χ0) is 18.6. The van der Waals surface area contributed by atoms with Crippen molar-refractivity contribution in [1.82, 2.24) is 15.0 Å². The van der Waals surface area contributed by atoms with Crippen LogP contribution in [0.5, 0.6) is 5.75 Å². The Bertz CT molecular complexity index is 702. The highest BCUT2D eigenvalue weighted by molar-refractivity contribution is 5.33. The van der Waals surface area contributed by atoms with Crippen LogP contribution in [0.15, 0.2) is 28.8 Å². The largest absolute Gasteiger partial charge is 0.496 e. The van der Waals surface area contributed by atoms with E-state index in [0.29, 0.717) is 18.3 Å². The first-order valence-corrected chi connectivity index (χ1v) is 9.24. The molecule has 1 aliphatic rings. The maximum absolute atomic E-state index is 5.84. The SMILES string of the molecule is COc1ccccc1CN(Cc1noc(C(C)(C)C)n1)C[C@@H]1CCCO1. The van der Waals surface area contributed by atoms with Crippen LogP contribution in [0.25, 0.3) is 0 Å². The van der Waals surface area contributed by atoms with Gasteiger partial charge in [-0.2, -0.15) is 4.98 Å². The predicted octanol–water partition coefficient (Wildman–Crippen LogP) is 3.56. The minimum absolute atomic E-state index is 0.146. The van der Waals surface area contributed by atoms with Gasteiger partial charge in [0.25, 0.3) is 0 Å². The molecule has 2 aromatic rings. The van der Waals surface area contributed by atoms with Gasteiger partial charge in [-0.3, -0.25) is 4.90 Å². The first-order valence-electron chi connectivity index (χ1n) is 9.24. The monoisotopic (exact) mass is 359 g/mol. The van der Waals surface area contributed by atoms with Crippen molar-refractivity contribution in [3.63, 3.8) is 0 Å². The average molecular weight is 359 g/mol. The Hall–Kier alpha value is -1.92. The first kappa shape index (κ1) is 18.9. The highest BCUT2D eigenvalue weighted by Crippen LogP contribution is 2.23. The molecule has 0 N–H and O–H groups in total. The van der Waals surface area contributed by atoms with Gasteiger partial charge in [-0.1, -0.05) is 44.1 Å². The molecule has 0 aliphatic carbocycles. The van der Waals surface area contributed by atoms with Crippen LogP contribution >= 0.6 is 0 Å². The third-order valence-electron chi connectivity index (χ3n) is 4.55. The summed E-state index contributed by atoms with van der Waals surface area (Å²) in [5, 5.41) is 4.18. The standard InChI is InChI=1S/C20H29N3O3/c1-20(2,3)19-21-18(22-26-19)14-23(13-16-9-7-11-25-16)12-15-8-5-6-10-17(15)24-4/h5-6,8,10,16H,7,9,11-14H2,1-4H3/t16-/m0/s1. The molecule has 3 rings (SSSR count). The summed E-state index contributed by atoms with van der Waals surface area (Å²) in [5.74, 6) is 2.28. The van der Waals surface area contributed by atoms with Crippen LogP contribution < -0.4 is 4.74 Å². The van der Waals surface area contributed by atoms with E-state index in [0.717, 1.165) is 43.9 Å². The number of hydrogen-bond donors (Lipinski definition) is 0. The second kappa shape index (κ2) is 8.18. The quantitative estimate of drug-likeness (QED) is 0.753. The molecule has 26 heavy (non-hydrogen) atoms. The zero-order valence-corrected chi connectivity index (χ0v) is 16.2. The number of para-hydroxylation sites is 1. The van der Waals surface area contributed by atoms with Gasteiger partial charge in [0.2, 0.25) is 5.89 Å². The zero-order valence-electron chi connectivity index (χ0n) is 16.2. The lowest BCUT2D eigenvalue weighted by molar-refractivity contribution is 0.0664. The van der Waals surface area contributed by atoms with Crippen LogP contribution in [0.1, 0.15) is 50.9 Å². The maximum atomic E-state index is 5.84. The van der Waals surface area contributed by atoms with Gasteiger partial charge in [0.05, 0.1) is 19.8 Å². The van der Waals surface area contributed by atoms with E-state index in [4.69, 9.17) is 14.0 Å². The first-order chi connectivity index (χ1) is 12.5. The molecule has 1 atom stereocenters. The molecular weight excluding hydrogens is 330 g/mol. The number of aromatic nitrogens is 2. The van der Waals surface area contributed by atoms with Crippen molar-refractivity contribution < 1.29 is 14.0 Å². The molecule has 1 aromatic carbocycles. The summed E-state index contributed by atoms with van der Waals surface area (Å²) in [6.45, 7) is 9.29. The van der Waals surface area contributed by atoms with E-state index >= 15 is 0 Å². The summed E-state index contributed by atoms with van der Waals surface area (Å²) in [7, 11) is 1.71. The van der Waals surface area contributed by atoms with E-state index in [9.17, 15) is 0 Å². The molecule has 6 nitrogen and oxygen atoms in total. The third kappa shape index (κ3) is 4.83. The van der Waals surface area contributed by atoms with Gasteiger partial charge in [-0.05, 0) is 18.9 Å². The molecule has 6 heteroatoms. The topological polar surface area (TPSA) is 60.6 Å². The summed E-state index contributed by atoms with van der Waals surface area (Å²) in [4.78, 5) is 6.90. The van der Waals surface area contributed by atoms with Crippen molar-refractivity contribution in [3.05, 3.63) is 41.5 Å². The fourth-order valence-corrected chi connectivity index (χ4v) is 3.16. The summed E-state index contributed by atoms with van der Waals surface area (Å²) >= 11 is 0. The number of methoxy groups -OCH3 is 1. The molecule has 0 saturated carbocycles. The Labute approximate surface area is 155 Å². The minimum atomic E-state index is -0.146. The molecule has 1 fully saturated rings. The number of hydrogen-bond acceptors (Lipinski definition) is 6. The van der Waals surface area contributed by atoms with Crippen molar-refractivity contribution in [2.24, 2.45) is 0 Å². The number of ether oxygens (including phenoxy) is 2. The summed E-state index contributed by atoms with van der Waals surface area (Å²) in [6.07, 6.45) is 2.49. The molecule has 1 aliphatic heterocycles. The van der Waals surface area contributed by atoms with Gasteiger partial charge < -0.3 is 14.0 Å². The van der Waals surface area contributed by atoms with Gasteiger partial charge in [-0.25, -0.2) is 0 Å². The highest BCUT2D eigenvalue weighted by atomic mass is 16.5. The number of benzene rings is 1. The third-order valence-corrected chi connectivity index (χ3v) is 4.55. The molecule has 1 aromatic heterocycles. The van der Waals surface area contributed by atoms with E-state index in [-0.39, 0.29) is 11.5 Å². The average Bonchev–Trinajstić information content (AvgIpc) is 3.27. The second-order valence-electron chi connectivity index (χ2n) is 7.88. The van der Waals surface area contributed by atoms with Crippen LogP contribution in [0.4, 0.5) is 0 Å². The second-order valence-corrected chi connectivity index (χ2v) is 7.88. The molecule has 0 radical (unpaired) electrons. The van der Waals surface area contributed by atoms with Crippen molar-refractivity contribution >= 4 is 0 Å². The van der Waals surface area contributed by atoms with Gasteiger partial charge in [-0.15, -0.1) is 0 Å². The van der Waals surface area contributed by atoms with E-state index < -0.39 is 0 Å². The number of rotatable bonds is 7. The highest BCUT2D eigenvalue weighted by Gasteiger charge is 2.24. The van der Waals surface area contributed by atoms with Crippen LogP contribution in [-0.4, -0.2) is 41.4 Å². The Balaban J connectivity index is 1.75. The predicted molar refractivity (Wildman–Crippen MR) is 99.1 cm³/mol. The Morgan fingerprint density at radius 2 is 2.04 bits per heavy atom. The lowest BCUT2D eigenvalue weighted by Gasteiger charge is -2.24. The molecular formula is C20H29N3O3. The maximum Gasteiger partial charge on any atom is 0.232 e. The molecule has 1 saturated heterocycles.